The van der Waals surface area contributed by atoms with Gasteiger partial charge in [0.15, 0.2) is 0 Å². The van der Waals surface area contributed by atoms with Crippen LogP contribution >= 0.6 is 0 Å². The molecule has 1 saturated heterocycles. The highest BCUT2D eigenvalue weighted by atomic mass is 16.5. The first-order valence-electron chi connectivity index (χ1n) is 3.73. The van der Waals surface area contributed by atoms with Gasteiger partial charge in [-0.1, -0.05) is 0 Å². The van der Waals surface area contributed by atoms with E-state index in [1.165, 1.54) is 0 Å². The molecule has 3 heteroatoms. The Morgan fingerprint density at radius 1 is 1.50 bits per heavy atom. The number of aliphatic hydroxyl groups is 2. The Labute approximate surface area is 60.6 Å². The molecule has 0 radical (unpaired) electrons. The Balaban J connectivity index is 2.18. The van der Waals surface area contributed by atoms with E-state index in [-0.39, 0.29) is 18.8 Å². The van der Waals surface area contributed by atoms with Crippen molar-refractivity contribution in [3.05, 3.63) is 0 Å². The van der Waals surface area contributed by atoms with Gasteiger partial charge in [-0.2, -0.15) is 0 Å². The van der Waals surface area contributed by atoms with E-state index in [1.807, 2.05) is 0 Å². The number of hydrogen-bond donors (Lipinski definition) is 2. The summed E-state index contributed by atoms with van der Waals surface area (Å²) in [4.78, 5) is 0. The van der Waals surface area contributed by atoms with E-state index in [1.54, 1.807) is 0 Å². The van der Waals surface area contributed by atoms with Crippen LogP contribution < -0.4 is 0 Å². The number of aliphatic hydroxyl groups excluding tert-OH is 2. The van der Waals surface area contributed by atoms with Crippen molar-refractivity contribution >= 4 is 0 Å². The zero-order valence-electron chi connectivity index (χ0n) is 5.99. The van der Waals surface area contributed by atoms with Gasteiger partial charge in [0.2, 0.25) is 0 Å². The summed E-state index contributed by atoms with van der Waals surface area (Å²) in [6.45, 7) is 0.781. The molecule has 0 aliphatic carbocycles. The predicted octanol–water partition coefficient (Wildman–Crippen LogP) is -0.0913. The zero-order chi connectivity index (χ0) is 7.40. The first-order valence-corrected chi connectivity index (χ1v) is 3.73. The van der Waals surface area contributed by atoms with Crippen molar-refractivity contribution < 1.29 is 14.9 Å². The first kappa shape index (κ1) is 7.98. The first-order chi connectivity index (χ1) is 4.83. The van der Waals surface area contributed by atoms with E-state index in [2.05, 4.69) is 0 Å². The highest BCUT2D eigenvalue weighted by Crippen LogP contribution is 2.15. The van der Waals surface area contributed by atoms with Crippen LogP contribution in [0.15, 0.2) is 0 Å². The van der Waals surface area contributed by atoms with Crippen molar-refractivity contribution in [2.75, 3.05) is 13.2 Å². The maximum Gasteiger partial charge on any atom is 0.0621 e. The van der Waals surface area contributed by atoms with Gasteiger partial charge in [-0.05, 0) is 19.3 Å². The molecule has 3 nitrogen and oxygen atoms in total. The summed E-state index contributed by atoms with van der Waals surface area (Å²) in [7, 11) is 0. The molecule has 0 aromatic rings. The van der Waals surface area contributed by atoms with Gasteiger partial charge in [0.05, 0.1) is 12.2 Å². The molecule has 1 fully saturated rings. The molecule has 0 aromatic carbocycles. The van der Waals surface area contributed by atoms with Gasteiger partial charge in [-0.15, -0.1) is 0 Å². The molecule has 2 unspecified atom stereocenters. The highest BCUT2D eigenvalue weighted by Gasteiger charge is 2.19. The van der Waals surface area contributed by atoms with Crippen LogP contribution in [0, 0.1) is 0 Å². The molecule has 1 aliphatic rings. The Bertz CT molecular complexity index is 92.9. The summed E-state index contributed by atoms with van der Waals surface area (Å²) >= 11 is 0. The Morgan fingerprint density at radius 3 is 2.90 bits per heavy atom. The number of hydrogen-bond acceptors (Lipinski definition) is 3. The van der Waals surface area contributed by atoms with Crippen LogP contribution in [0.3, 0.4) is 0 Å². The van der Waals surface area contributed by atoms with Crippen molar-refractivity contribution in [1.82, 2.24) is 0 Å². The van der Waals surface area contributed by atoms with Gasteiger partial charge in [0.25, 0.3) is 0 Å². The van der Waals surface area contributed by atoms with E-state index in [4.69, 9.17) is 14.9 Å². The lowest BCUT2D eigenvalue weighted by atomic mass is 10.0. The van der Waals surface area contributed by atoms with E-state index >= 15 is 0 Å². The molecule has 1 rings (SSSR count). The molecule has 60 valence electrons. The lowest BCUT2D eigenvalue weighted by Gasteiger charge is -2.25. The fourth-order valence-electron chi connectivity index (χ4n) is 1.21. The maximum atomic E-state index is 9.14. The Kier molecular flexibility index (Phi) is 3.12. The van der Waals surface area contributed by atoms with Crippen LogP contribution in [0.1, 0.15) is 19.3 Å². The maximum absolute atomic E-state index is 9.14. The van der Waals surface area contributed by atoms with Crippen molar-refractivity contribution in [3.63, 3.8) is 0 Å². The van der Waals surface area contributed by atoms with Crippen molar-refractivity contribution in [1.29, 1.82) is 0 Å². The second-order valence-corrected chi connectivity index (χ2v) is 2.68. The quantitative estimate of drug-likeness (QED) is 0.572. The van der Waals surface area contributed by atoms with Crippen LogP contribution in [0.5, 0.6) is 0 Å². The van der Waals surface area contributed by atoms with E-state index < -0.39 is 0 Å². The predicted molar refractivity (Wildman–Crippen MR) is 36.7 cm³/mol. The van der Waals surface area contributed by atoms with Gasteiger partial charge < -0.3 is 14.9 Å². The Hall–Kier alpha value is -0.120. The minimum Gasteiger partial charge on any atom is -0.396 e. The molecular formula is C7H14O3. The summed E-state index contributed by atoms with van der Waals surface area (Å²) in [5.74, 6) is 0. The molecule has 10 heavy (non-hydrogen) atoms. The summed E-state index contributed by atoms with van der Waals surface area (Å²) in [5.41, 5.74) is 0. The third-order valence-electron chi connectivity index (χ3n) is 1.79. The molecule has 0 aromatic heterocycles. The number of rotatable bonds is 2. The standard InChI is InChI=1S/C7H14O3/c8-3-1-7-5-6(9)2-4-10-7/h6-9H,1-5H2. The van der Waals surface area contributed by atoms with Gasteiger partial charge >= 0.3 is 0 Å². The topological polar surface area (TPSA) is 49.7 Å². The van der Waals surface area contributed by atoms with E-state index in [0.29, 0.717) is 19.4 Å². The molecular weight excluding hydrogens is 132 g/mol. The monoisotopic (exact) mass is 146 g/mol. The molecule has 0 spiro atoms. The summed E-state index contributed by atoms with van der Waals surface area (Å²) < 4.78 is 5.27. The van der Waals surface area contributed by atoms with Crippen molar-refractivity contribution in [2.24, 2.45) is 0 Å². The second kappa shape index (κ2) is 3.91. The van der Waals surface area contributed by atoms with Crippen LogP contribution in [-0.2, 0) is 4.74 Å². The third-order valence-corrected chi connectivity index (χ3v) is 1.79. The molecule has 0 saturated carbocycles. The lowest BCUT2D eigenvalue weighted by molar-refractivity contribution is -0.0512. The van der Waals surface area contributed by atoms with Crippen LogP contribution in [0.25, 0.3) is 0 Å². The fourth-order valence-corrected chi connectivity index (χ4v) is 1.21. The normalized spacial score (nSPS) is 34.2. The smallest absolute Gasteiger partial charge is 0.0621 e. The average Bonchev–Trinajstić information content (AvgIpc) is 1.88. The largest absolute Gasteiger partial charge is 0.396 e. The van der Waals surface area contributed by atoms with Crippen molar-refractivity contribution in [2.45, 2.75) is 31.5 Å². The molecule has 1 heterocycles. The van der Waals surface area contributed by atoms with Gasteiger partial charge in [-0.3, -0.25) is 0 Å². The van der Waals surface area contributed by atoms with Crippen LogP contribution in [0.4, 0.5) is 0 Å². The average molecular weight is 146 g/mol. The summed E-state index contributed by atoms with van der Waals surface area (Å²) in [6, 6.07) is 0. The van der Waals surface area contributed by atoms with Crippen LogP contribution in [-0.4, -0.2) is 35.6 Å². The molecule has 0 amide bonds. The molecule has 2 N–H and O–H groups in total. The van der Waals surface area contributed by atoms with Crippen LogP contribution in [0.2, 0.25) is 0 Å². The highest BCUT2D eigenvalue weighted by molar-refractivity contribution is 4.69. The summed E-state index contributed by atoms with van der Waals surface area (Å²) in [6.07, 6.45) is 1.93. The minimum atomic E-state index is -0.217. The van der Waals surface area contributed by atoms with Gasteiger partial charge in [0.1, 0.15) is 0 Å². The van der Waals surface area contributed by atoms with Crippen molar-refractivity contribution in [3.8, 4) is 0 Å². The van der Waals surface area contributed by atoms with E-state index in [9.17, 15) is 0 Å². The third kappa shape index (κ3) is 2.25. The van der Waals surface area contributed by atoms with Gasteiger partial charge in [-0.25, -0.2) is 0 Å². The van der Waals surface area contributed by atoms with Gasteiger partial charge in [0, 0.05) is 13.2 Å². The Morgan fingerprint density at radius 2 is 2.30 bits per heavy atom. The SMILES string of the molecule is OCCC1CC(O)CCO1. The summed E-state index contributed by atoms with van der Waals surface area (Å²) in [5, 5.41) is 17.7. The molecule has 2 atom stereocenters. The minimum absolute atomic E-state index is 0.0775. The second-order valence-electron chi connectivity index (χ2n) is 2.68. The lowest BCUT2D eigenvalue weighted by Crippen LogP contribution is -2.29. The fraction of sp³-hybridized carbons (Fsp3) is 1.00. The molecule has 1 aliphatic heterocycles. The zero-order valence-corrected chi connectivity index (χ0v) is 5.99. The molecule has 0 bridgehead atoms. The number of ether oxygens (including phenoxy) is 1. The van der Waals surface area contributed by atoms with E-state index in [0.717, 1.165) is 6.42 Å².